The SMILES string of the molecule is COc1cc(C(=O)N2CCN(C)c3nc4ccccc4nc32)ccc1C. The minimum atomic E-state index is -0.0952. The van der Waals surface area contributed by atoms with Crippen LogP contribution in [0.2, 0.25) is 0 Å². The van der Waals surface area contributed by atoms with Crippen molar-refractivity contribution in [2.24, 2.45) is 0 Å². The number of para-hydroxylation sites is 2. The van der Waals surface area contributed by atoms with Gasteiger partial charge < -0.3 is 9.64 Å². The van der Waals surface area contributed by atoms with Crippen LogP contribution in [0.25, 0.3) is 11.0 Å². The number of likely N-dealkylation sites (N-methyl/N-ethyl adjacent to an activating group) is 1. The first-order chi connectivity index (χ1) is 12.6. The van der Waals surface area contributed by atoms with Crippen LogP contribution in [-0.2, 0) is 0 Å². The molecule has 0 saturated heterocycles. The minimum Gasteiger partial charge on any atom is -0.496 e. The van der Waals surface area contributed by atoms with E-state index >= 15 is 0 Å². The summed E-state index contributed by atoms with van der Waals surface area (Å²) in [5.74, 6) is 1.93. The number of aryl methyl sites for hydroxylation is 1. The van der Waals surface area contributed by atoms with Gasteiger partial charge in [0, 0.05) is 25.7 Å². The van der Waals surface area contributed by atoms with Crippen LogP contribution < -0.4 is 14.5 Å². The first-order valence-corrected chi connectivity index (χ1v) is 8.53. The van der Waals surface area contributed by atoms with E-state index in [1.165, 1.54) is 0 Å². The Labute approximate surface area is 152 Å². The topological polar surface area (TPSA) is 58.6 Å². The van der Waals surface area contributed by atoms with Crippen molar-refractivity contribution in [3.8, 4) is 5.75 Å². The van der Waals surface area contributed by atoms with Crippen molar-refractivity contribution in [3.05, 3.63) is 53.6 Å². The normalized spacial score (nSPS) is 13.7. The van der Waals surface area contributed by atoms with Crippen molar-refractivity contribution in [2.75, 3.05) is 37.0 Å². The number of carbonyl (C=O) groups is 1. The third-order valence-corrected chi connectivity index (χ3v) is 4.71. The minimum absolute atomic E-state index is 0.0952. The van der Waals surface area contributed by atoms with Crippen molar-refractivity contribution in [1.82, 2.24) is 9.97 Å². The molecule has 1 aliphatic rings. The average molecular weight is 348 g/mol. The van der Waals surface area contributed by atoms with Crippen molar-refractivity contribution >= 4 is 28.6 Å². The molecule has 0 fully saturated rings. The number of carbonyl (C=O) groups excluding carboxylic acids is 1. The number of amides is 1. The van der Waals surface area contributed by atoms with Gasteiger partial charge in [-0.1, -0.05) is 18.2 Å². The van der Waals surface area contributed by atoms with E-state index in [9.17, 15) is 4.79 Å². The highest BCUT2D eigenvalue weighted by molar-refractivity contribution is 6.08. The van der Waals surface area contributed by atoms with E-state index in [4.69, 9.17) is 14.7 Å². The second kappa shape index (κ2) is 6.29. The molecule has 0 spiro atoms. The third-order valence-electron chi connectivity index (χ3n) is 4.71. The molecular weight excluding hydrogens is 328 g/mol. The van der Waals surface area contributed by atoms with Gasteiger partial charge in [0.1, 0.15) is 5.75 Å². The Morgan fingerprint density at radius 1 is 1.04 bits per heavy atom. The summed E-state index contributed by atoms with van der Waals surface area (Å²) in [7, 11) is 3.58. The van der Waals surface area contributed by atoms with Crippen LogP contribution in [0.3, 0.4) is 0 Å². The number of aromatic nitrogens is 2. The molecule has 6 heteroatoms. The molecule has 1 aromatic heterocycles. The fourth-order valence-electron chi connectivity index (χ4n) is 3.19. The smallest absolute Gasteiger partial charge is 0.259 e. The molecule has 4 rings (SSSR count). The van der Waals surface area contributed by atoms with Crippen LogP contribution in [0, 0.1) is 6.92 Å². The number of rotatable bonds is 2. The van der Waals surface area contributed by atoms with Gasteiger partial charge in [0.25, 0.3) is 5.91 Å². The number of hydrogen-bond donors (Lipinski definition) is 0. The first-order valence-electron chi connectivity index (χ1n) is 8.53. The predicted octanol–water partition coefficient (Wildman–Crippen LogP) is 3.04. The number of methoxy groups -OCH3 is 1. The molecule has 0 saturated carbocycles. The second-order valence-electron chi connectivity index (χ2n) is 6.42. The zero-order valence-electron chi connectivity index (χ0n) is 15.1. The van der Waals surface area contributed by atoms with Gasteiger partial charge >= 0.3 is 0 Å². The molecule has 0 N–H and O–H groups in total. The quantitative estimate of drug-likeness (QED) is 0.712. The molecule has 1 amide bonds. The number of ether oxygens (including phenoxy) is 1. The maximum absolute atomic E-state index is 13.2. The molecule has 0 aliphatic carbocycles. The van der Waals surface area contributed by atoms with E-state index in [-0.39, 0.29) is 5.91 Å². The summed E-state index contributed by atoms with van der Waals surface area (Å²) in [5, 5.41) is 0. The van der Waals surface area contributed by atoms with E-state index in [1.807, 2.05) is 55.3 Å². The molecule has 26 heavy (non-hydrogen) atoms. The fourth-order valence-corrected chi connectivity index (χ4v) is 3.19. The maximum Gasteiger partial charge on any atom is 0.259 e. The van der Waals surface area contributed by atoms with Gasteiger partial charge in [-0.05, 0) is 36.8 Å². The number of anilines is 2. The van der Waals surface area contributed by atoms with E-state index in [1.54, 1.807) is 18.1 Å². The lowest BCUT2D eigenvalue weighted by atomic mass is 10.1. The second-order valence-corrected chi connectivity index (χ2v) is 6.42. The van der Waals surface area contributed by atoms with Gasteiger partial charge in [0.05, 0.1) is 18.1 Å². The average Bonchev–Trinajstić information content (AvgIpc) is 2.67. The van der Waals surface area contributed by atoms with Crippen molar-refractivity contribution in [3.63, 3.8) is 0 Å². The Morgan fingerprint density at radius 3 is 2.42 bits per heavy atom. The van der Waals surface area contributed by atoms with E-state index < -0.39 is 0 Å². The van der Waals surface area contributed by atoms with Gasteiger partial charge in [0.2, 0.25) is 0 Å². The number of fused-ring (bicyclic) bond motifs is 2. The predicted molar refractivity (Wildman–Crippen MR) is 102 cm³/mol. The van der Waals surface area contributed by atoms with Crippen molar-refractivity contribution in [1.29, 1.82) is 0 Å². The molecule has 1 aliphatic heterocycles. The molecule has 0 radical (unpaired) electrons. The van der Waals surface area contributed by atoms with Crippen molar-refractivity contribution < 1.29 is 9.53 Å². The Kier molecular flexibility index (Phi) is 3.95. The number of hydrogen-bond acceptors (Lipinski definition) is 5. The third kappa shape index (κ3) is 2.63. The summed E-state index contributed by atoms with van der Waals surface area (Å²) in [6.45, 7) is 3.22. The van der Waals surface area contributed by atoms with Gasteiger partial charge in [0.15, 0.2) is 11.6 Å². The van der Waals surface area contributed by atoms with Gasteiger partial charge in [-0.25, -0.2) is 9.97 Å². The van der Waals surface area contributed by atoms with Crippen LogP contribution >= 0.6 is 0 Å². The lowest BCUT2D eigenvalue weighted by Crippen LogP contribution is -2.43. The molecule has 0 bridgehead atoms. The highest BCUT2D eigenvalue weighted by Gasteiger charge is 2.29. The van der Waals surface area contributed by atoms with E-state index in [0.717, 1.165) is 22.4 Å². The van der Waals surface area contributed by atoms with Gasteiger partial charge in [-0.3, -0.25) is 9.69 Å². The molecule has 2 aromatic carbocycles. The first kappa shape index (κ1) is 16.3. The summed E-state index contributed by atoms with van der Waals surface area (Å²) in [4.78, 5) is 26.4. The van der Waals surface area contributed by atoms with Crippen LogP contribution in [-0.4, -0.2) is 43.1 Å². The Hall–Kier alpha value is -3.15. The Morgan fingerprint density at radius 2 is 1.73 bits per heavy atom. The number of nitrogens with zero attached hydrogens (tertiary/aromatic N) is 4. The molecule has 0 atom stereocenters. The highest BCUT2D eigenvalue weighted by atomic mass is 16.5. The van der Waals surface area contributed by atoms with Crippen LogP contribution in [0.15, 0.2) is 42.5 Å². The number of benzene rings is 2. The summed E-state index contributed by atoms with van der Waals surface area (Å²) in [6, 6.07) is 13.2. The van der Waals surface area contributed by atoms with Gasteiger partial charge in [-0.2, -0.15) is 0 Å². The summed E-state index contributed by atoms with van der Waals surface area (Å²) in [6.07, 6.45) is 0. The van der Waals surface area contributed by atoms with Crippen LogP contribution in [0.4, 0.5) is 11.6 Å². The largest absolute Gasteiger partial charge is 0.496 e. The summed E-state index contributed by atoms with van der Waals surface area (Å²) < 4.78 is 5.36. The molecule has 6 nitrogen and oxygen atoms in total. The molecule has 3 aromatic rings. The summed E-state index contributed by atoms with van der Waals surface area (Å²) in [5.41, 5.74) is 3.18. The van der Waals surface area contributed by atoms with Crippen molar-refractivity contribution in [2.45, 2.75) is 6.92 Å². The van der Waals surface area contributed by atoms with Crippen LogP contribution in [0.5, 0.6) is 5.75 Å². The summed E-state index contributed by atoms with van der Waals surface area (Å²) >= 11 is 0. The maximum atomic E-state index is 13.2. The van der Waals surface area contributed by atoms with Gasteiger partial charge in [-0.15, -0.1) is 0 Å². The molecule has 132 valence electrons. The Bertz CT molecular complexity index is 1000. The lowest BCUT2D eigenvalue weighted by Gasteiger charge is -2.33. The van der Waals surface area contributed by atoms with E-state index in [2.05, 4.69) is 0 Å². The molecule has 0 unspecified atom stereocenters. The molecular formula is C20H20N4O2. The highest BCUT2D eigenvalue weighted by Crippen LogP contribution is 2.32. The molecule has 2 heterocycles. The zero-order valence-corrected chi connectivity index (χ0v) is 15.1. The fraction of sp³-hybridized carbons (Fsp3) is 0.250. The zero-order chi connectivity index (χ0) is 18.3. The Balaban J connectivity index is 1.80. The van der Waals surface area contributed by atoms with E-state index in [0.29, 0.717) is 30.2 Å². The monoisotopic (exact) mass is 348 g/mol. The standard InChI is InChI=1S/C20H20N4O2/c1-13-8-9-14(12-17(13)26-3)20(25)24-11-10-23(2)18-19(24)22-16-7-5-4-6-15(16)21-18/h4-9,12H,10-11H2,1-3H3. The lowest BCUT2D eigenvalue weighted by molar-refractivity contribution is 0.0985. The van der Waals surface area contributed by atoms with Crippen LogP contribution in [0.1, 0.15) is 15.9 Å².